The standard InChI is InChI=1S/C23H23N3O6S/c1-31-22(29)18-12-17(25-7-9-32-10-8-25)5-6-19(18)24-21(28)16-4-2-3-15(11-16)13-26-20(27)14-33-23(26)30/h2-6,11-12H,7-10,13-14H2,1H3,(H,24,28). The van der Waals surface area contributed by atoms with E-state index in [1.165, 1.54) is 12.0 Å². The maximum atomic E-state index is 12.9. The van der Waals surface area contributed by atoms with Crippen LogP contribution in [0.15, 0.2) is 42.5 Å². The summed E-state index contributed by atoms with van der Waals surface area (Å²) >= 11 is 0.967. The normalized spacial score (nSPS) is 16.2. The summed E-state index contributed by atoms with van der Waals surface area (Å²) in [6.45, 7) is 2.73. The molecule has 0 aliphatic carbocycles. The number of morpholine rings is 1. The number of nitrogens with one attached hydrogen (secondary N) is 1. The highest BCUT2D eigenvalue weighted by molar-refractivity contribution is 8.14. The third-order valence-electron chi connectivity index (χ3n) is 5.40. The monoisotopic (exact) mass is 469 g/mol. The predicted molar refractivity (Wildman–Crippen MR) is 124 cm³/mol. The lowest BCUT2D eigenvalue weighted by Crippen LogP contribution is -2.36. The van der Waals surface area contributed by atoms with Crippen LogP contribution in [-0.2, 0) is 20.8 Å². The topological polar surface area (TPSA) is 105 Å². The zero-order chi connectivity index (χ0) is 23.4. The highest BCUT2D eigenvalue weighted by Gasteiger charge is 2.30. The van der Waals surface area contributed by atoms with Crippen molar-refractivity contribution >= 4 is 46.2 Å². The van der Waals surface area contributed by atoms with Gasteiger partial charge in [0.2, 0.25) is 5.91 Å². The maximum Gasteiger partial charge on any atom is 0.340 e. The lowest BCUT2D eigenvalue weighted by Gasteiger charge is -2.29. The van der Waals surface area contributed by atoms with Crippen molar-refractivity contribution in [3.05, 3.63) is 59.2 Å². The van der Waals surface area contributed by atoms with Crippen molar-refractivity contribution in [3.8, 4) is 0 Å². The molecule has 172 valence electrons. The van der Waals surface area contributed by atoms with Crippen molar-refractivity contribution in [1.29, 1.82) is 0 Å². The second kappa shape index (κ2) is 10.1. The number of thioether (sulfide) groups is 1. The molecule has 2 aromatic carbocycles. The Balaban J connectivity index is 1.53. The van der Waals surface area contributed by atoms with Gasteiger partial charge in [0, 0.05) is 24.3 Å². The van der Waals surface area contributed by atoms with Crippen LogP contribution in [0.5, 0.6) is 0 Å². The van der Waals surface area contributed by atoms with E-state index in [0.717, 1.165) is 17.4 Å². The van der Waals surface area contributed by atoms with Gasteiger partial charge in [0.25, 0.3) is 11.1 Å². The first-order chi connectivity index (χ1) is 16.0. The number of benzene rings is 2. The highest BCUT2D eigenvalue weighted by Crippen LogP contribution is 2.26. The first-order valence-corrected chi connectivity index (χ1v) is 11.4. The molecule has 0 radical (unpaired) electrons. The van der Waals surface area contributed by atoms with Gasteiger partial charge in [-0.1, -0.05) is 23.9 Å². The summed E-state index contributed by atoms with van der Waals surface area (Å²) in [6.07, 6.45) is 0. The van der Waals surface area contributed by atoms with Crippen molar-refractivity contribution in [3.63, 3.8) is 0 Å². The van der Waals surface area contributed by atoms with Crippen LogP contribution in [0.3, 0.4) is 0 Å². The summed E-state index contributed by atoms with van der Waals surface area (Å²) < 4.78 is 10.3. The van der Waals surface area contributed by atoms with Crippen molar-refractivity contribution in [2.24, 2.45) is 0 Å². The summed E-state index contributed by atoms with van der Waals surface area (Å²) in [4.78, 5) is 52.3. The van der Waals surface area contributed by atoms with Crippen molar-refractivity contribution in [2.45, 2.75) is 6.54 Å². The third-order valence-corrected chi connectivity index (χ3v) is 6.26. The molecule has 0 bridgehead atoms. The molecule has 0 atom stereocenters. The molecule has 9 nitrogen and oxygen atoms in total. The fourth-order valence-electron chi connectivity index (χ4n) is 3.66. The maximum absolute atomic E-state index is 12.9. The largest absolute Gasteiger partial charge is 0.465 e. The average Bonchev–Trinajstić information content (AvgIpc) is 3.16. The highest BCUT2D eigenvalue weighted by atomic mass is 32.2. The van der Waals surface area contributed by atoms with E-state index in [9.17, 15) is 19.2 Å². The molecule has 0 aromatic heterocycles. The Morgan fingerprint density at radius 1 is 1.12 bits per heavy atom. The summed E-state index contributed by atoms with van der Waals surface area (Å²) in [7, 11) is 1.29. The molecule has 2 fully saturated rings. The lowest BCUT2D eigenvalue weighted by atomic mass is 10.1. The van der Waals surface area contributed by atoms with Crippen LogP contribution < -0.4 is 10.2 Å². The second-order valence-electron chi connectivity index (χ2n) is 7.51. The van der Waals surface area contributed by atoms with Gasteiger partial charge in [-0.2, -0.15) is 0 Å². The molecular formula is C23H23N3O6S. The minimum atomic E-state index is -0.558. The number of anilines is 2. The fourth-order valence-corrected chi connectivity index (χ4v) is 4.39. The van der Waals surface area contributed by atoms with E-state index in [2.05, 4.69) is 10.2 Å². The Bertz CT molecular complexity index is 1080. The number of methoxy groups -OCH3 is 1. The number of amides is 3. The van der Waals surface area contributed by atoms with Gasteiger partial charge in [-0.05, 0) is 35.9 Å². The molecule has 2 aliphatic rings. The number of imide groups is 1. The first kappa shape index (κ1) is 22.8. The summed E-state index contributed by atoms with van der Waals surface area (Å²) in [5.74, 6) is -1.09. The second-order valence-corrected chi connectivity index (χ2v) is 8.44. The summed E-state index contributed by atoms with van der Waals surface area (Å²) in [5, 5.41) is 2.48. The number of hydrogen-bond acceptors (Lipinski definition) is 8. The van der Waals surface area contributed by atoms with Crippen LogP contribution in [0.4, 0.5) is 16.2 Å². The van der Waals surface area contributed by atoms with E-state index in [0.29, 0.717) is 43.1 Å². The smallest absolute Gasteiger partial charge is 0.340 e. The Labute approximate surface area is 195 Å². The molecule has 1 N–H and O–H groups in total. The Kier molecular flexibility index (Phi) is 6.95. The number of hydrogen-bond donors (Lipinski definition) is 1. The predicted octanol–water partition coefficient (Wildman–Crippen LogP) is 2.76. The van der Waals surface area contributed by atoms with Crippen LogP contribution in [0.1, 0.15) is 26.3 Å². The number of carbonyl (C=O) groups is 4. The van der Waals surface area contributed by atoms with Crippen molar-refractivity contribution < 1.29 is 28.7 Å². The van der Waals surface area contributed by atoms with Gasteiger partial charge in [-0.3, -0.25) is 19.3 Å². The lowest BCUT2D eigenvalue weighted by molar-refractivity contribution is -0.125. The molecular weight excluding hydrogens is 446 g/mol. The Hall–Kier alpha value is -3.37. The van der Waals surface area contributed by atoms with E-state index in [1.54, 1.807) is 36.4 Å². The van der Waals surface area contributed by atoms with E-state index < -0.39 is 11.9 Å². The van der Waals surface area contributed by atoms with Crippen LogP contribution in [0.2, 0.25) is 0 Å². The molecule has 33 heavy (non-hydrogen) atoms. The van der Waals surface area contributed by atoms with E-state index in [1.807, 2.05) is 6.07 Å². The number of rotatable bonds is 6. The van der Waals surface area contributed by atoms with Gasteiger partial charge in [0.15, 0.2) is 0 Å². The molecule has 2 saturated heterocycles. The van der Waals surface area contributed by atoms with E-state index in [-0.39, 0.29) is 29.0 Å². The van der Waals surface area contributed by atoms with Gasteiger partial charge in [0.05, 0.1) is 43.9 Å². The van der Waals surface area contributed by atoms with Crippen molar-refractivity contribution in [2.75, 3.05) is 49.4 Å². The number of ether oxygens (including phenoxy) is 2. The minimum absolute atomic E-state index is 0.105. The van der Waals surface area contributed by atoms with Gasteiger partial charge < -0.3 is 19.7 Å². The molecule has 2 heterocycles. The van der Waals surface area contributed by atoms with Crippen LogP contribution >= 0.6 is 11.8 Å². The quantitative estimate of drug-likeness (QED) is 0.644. The Morgan fingerprint density at radius 2 is 1.91 bits per heavy atom. The number of carbonyl (C=O) groups excluding carboxylic acids is 4. The van der Waals surface area contributed by atoms with Crippen LogP contribution in [0, 0.1) is 0 Å². The first-order valence-electron chi connectivity index (χ1n) is 10.4. The SMILES string of the molecule is COC(=O)c1cc(N2CCOCC2)ccc1NC(=O)c1cccc(CN2C(=O)CSC2=O)c1. The van der Waals surface area contributed by atoms with E-state index >= 15 is 0 Å². The summed E-state index contributed by atoms with van der Waals surface area (Å²) in [6, 6.07) is 11.9. The van der Waals surface area contributed by atoms with Gasteiger partial charge in [0.1, 0.15) is 0 Å². The zero-order valence-corrected chi connectivity index (χ0v) is 18.9. The number of nitrogens with zero attached hydrogens (tertiary/aromatic N) is 2. The molecule has 10 heteroatoms. The van der Waals surface area contributed by atoms with Crippen molar-refractivity contribution in [1.82, 2.24) is 4.90 Å². The fraction of sp³-hybridized carbons (Fsp3) is 0.304. The van der Waals surface area contributed by atoms with E-state index in [4.69, 9.17) is 9.47 Å². The van der Waals surface area contributed by atoms with Gasteiger partial charge >= 0.3 is 5.97 Å². The molecule has 2 aromatic rings. The third kappa shape index (κ3) is 5.18. The van der Waals surface area contributed by atoms with Crippen LogP contribution in [0.25, 0.3) is 0 Å². The molecule has 0 spiro atoms. The minimum Gasteiger partial charge on any atom is -0.465 e. The number of esters is 1. The molecule has 3 amide bonds. The van der Waals surface area contributed by atoms with Crippen LogP contribution in [-0.4, -0.2) is 67.1 Å². The molecule has 4 rings (SSSR count). The summed E-state index contributed by atoms with van der Waals surface area (Å²) in [5.41, 5.74) is 2.42. The molecule has 2 aliphatic heterocycles. The van der Waals surface area contributed by atoms with Gasteiger partial charge in [-0.25, -0.2) is 4.79 Å². The molecule has 0 saturated carbocycles. The zero-order valence-electron chi connectivity index (χ0n) is 18.0. The average molecular weight is 470 g/mol. The van der Waals surface area contributed by atoms with Gasteiger partial charge in [-0.15, -0.1) is 0 Å². The Morgan fingerprint density at radius 3 is 2.61 bits per heavy atom. The molecule has 0 unspecified atom stereocenters.